The number of fused-ring (bicyclic) bond motifs is 4. The summed E-state index contributed by atoms with van der Waals surface area (Å²) in [5.41, 5.74) is 1.41. The molecule has 9 nitrogen and oxygen atoms in total. The Bertz CT molecular complexity index is 1550. The van der Waals surface area contributed by atoms with Crippen molar-refractivity contribution in [2.75, 3.05) is 13.1 Å². The van der Waals surface area contributed by atoms with Gasteiger partial charge in [-0.2, -0.15) is 0 Å². The van der Waals surface area contributed by atoms with E-state index in [1.54, 1.807) is 28.0 Å². The highest BCUT2D eigenvalue weighted by molar-refractivity contribution is 6.00. The van der Waals surface area contributed by atoms with Crippen molar-refractivity contribution in [2.45, 2.75) is 45.3 Å². The number of rotatable bonds is 4. The van der Waals surface area contributed by atoms with E-state index in [2.05, 4.69) is 20.3 Å². The molecule has 0 saturated carbocycles. The van der Waals surface area contributed by atoms with E-state index in [1.165, 1.54) is 6.07 Å². The summed E-state index contributed by atoms with van der Waals surface area (Å²) in [6.07, 6.45) is 0.684. The first-order chi connectivity index (χ1) is 18.1. The number of aromatic amines is 2. The molecule has 38 heavy (non-hydrogen) atoms. The topological polar surface area (TPSA) is 114 Å². The van der Waals surface area contributed by atoms with Crippen molar-refractivity contribution in [1.82, 2.24) is 30.1 Å². The molecule has 2 aliphatic rings. The Morgan fingerprint density at radius 3 is 2.45 bits per heavy atom. The van der Waals surface area contributed by atoms with Crippen LogP contribution in [0.5, 0.6) is 0 Å². The Hall–Kier alpha value is -4.21. The van der Waals surface area contributed by atoms with Gasteiger partial charge in [0.15, 0.2) is 5.82 Å². The van der Waals surface area contributed by atoms with Gasteiger partial charge in [-0.25, -0.2) is 9.37 Å². The van der Waals surface area contributed by atoms with Crippen molar-refractivity contribution in [3.63, 3.8) is 0 Å². The molecule has 0 radical (unpaired) electrons. The van der Waals surface area contributed by atoms with E-state index in [4.69, 9.17) is 0 Å². The van der Waals surface area contributed by atoms with Gasteiger partial charge in [0.2, 0.25) is 5.91 Å². The summed E-state index contributed by atoms with van der Waals surface area (Å²) < 4.78 is 14.1. The fourth-order valence-corrected chi connectivity index (χ4v) is 5.64. The van der Waals surface area contributed by atoms with E-state index in [0.717, 1.165) is 11.0 Å². The van der Waals surface area contributed by atoms with Crippen LogP contribution in [0.15, 0.2) is 48.5 Å². The van der Waals surface area contributed by atoms with Crippen LogP contribution >= 0.6 is 0 Å². The van der Waals surface area contributed by atoms with Gasteiger partial charge in [-0.05, 0) is 36.1 Å². The molecule has 196 valence electrons. The monoisotopic (exact) mass is 516 g/mol. The minimum atomic E-state index is -0.801. The number of H-pyrrole nitrogens is 2. The highest BCUT2D eigenvalue weighted by atomic mass is 19.1. The number of benzene rings is 2. The molecule has 4 heterocycles. The van der Waals surface area contributed by atoms with Gasteiger partial charge >= 0.3 is 0 Å². The van der Waals surface area contributed by atoms with Crippen LogP contribution in [-0.2, 0) is 4.79 Å². The molecule has 3 amide bonds. The van der Waals surface area contributed by atoms with Crippen LogP contribution in [0.1, 0.15) is 48.3 Å². The lowest BCUT2D eigenvalue weighted by Crippen LogP contribution is -2.59. The van der Waals surface area contributed by atoms with E-state index in [0.29, 0.717) is 30.7 Å². The number of hydrogen-bond donors (Lipinski definition) is 3. The zero-order chi connectivity index (χ0) is 26.8. The second kappa shape index (κ2) is 8.68. The molecule has 2 bridgehead atoms. The molecule has 2 aromatic heterocycles. The molecule has 2 aromatic carbocycles. The summed E-state index contributed by atoms with van der Waals surface area (Å²) in [6, 6.07) is 12.7. The highest BCUT2D eigenvalue weighted by Crippen LogP contribution is 2.34. The molecule has 3 N–H and O–H groups in total. The summed E-state index contributed by atoms with van der Waals surface area (Å²) in [6.45, 7) is 6.50. The standard InChI is InChI=1S/C28H29FN6O3/c1-28(2,3)23(33-25(36)21-11-15-7-6-8-18(29)22(15)30-21)26(37)34-13-17-12-16(34)14-35(17)27(38)24-31-19-9-4-5-10-20(19)32-24/h4-11,16-17,23,30H,12-14H2,1-3H3,(H,31,32)(H,33,36)/t16-,17-,23+/m0/s1. The highest BCUT2D eigenvalue weighted by Gasteiger charge is 2.50. The first-order valence-corrected chi connectivity index (χ1v) is 12.7. The fourth-order valence-electron chi connectivity index (χ4n) is 5.64. The third-order valence-electron chi connectivity index (χ3n) is 7.61. The van der Waals surface area contributed by atoms with Crippen molar-refractivity contribution < 1.29 is 18.8 Å². The molecule has 4 aromatic rings. The van der Waals surface area contributed by atoms with E-state index in [1.807, 2.05) is 45.0 Å². The molecule has 0 aliphatic carbocycles. The van der Waals surface area contributed by atoms with Crippen molar-refractivity contribution in [3.8, 4) is 0 Å². The van der Waals surface area contributed by atoms with Crippen LogP contribution in [-0.4, -0.2) is 73.7 Å². The first kappa shape index (κ1) is 24.1. The molecule has 0 spiro atoms. The molecular weight excluding hydrogens is 487 g/mol. The molecule has 2 saturated heterocycles. The second-order valence-electron chi connectivity index (χ2n) is 11.3. The zero-order valence-corrected chi connectivity index (χ0v) is 21.4. The summed E-state index contributed by atoms with van der Waals surface area (Å²) in [5, 5.41) is 3.47. The number of carbonyl (C=O) groups is 3. The smallest absolute Gasteiger partial charge is 0.290 e. The van der Waals surface area contributed by atoms with E-state index >= 15 is 0 Å². The normalized spacial score (nSPS) is 19.9. The predicted molar refractivity (Wildman–Crippen MR) is 140 cm³/mol. The van der Waals surface area contributed by atoms with Crippen LogP contribution < -0.4 is 5.32 Å². The molecular formula is C28H29FN6O3. The molecule has 10 heteroatoms. The van der Waals surface area contributed by atoms with Gasteiger partial charge in [0.05, 0.1) is 28.6 Å². The number of piperazine rings is 1. The average Bonchev–Trinajstić information content (AvgIpc) is 3.67. The van der Waals surface area contributed by atoms with Gasteiger partial charge in [-0.3, -0.25) is 14.4 Å². The van der Waals surface area contributed by atoms with Crippen LogP contribution in [0.4, 0.5) is 4.39 Å². The zero-order valence-electron chi connectivity index (χ0n) is 21.4. The van der Waals surface area contributed by atoms with Gasteiger partial charge in [-0.1, -0.05) is 45.0 Å². The van der Waals surface area contributed by atoms with Gasteiger partial charge in [0.1, 0.15) is 17.6 Å². The van der Waals surface area contributed by atoms with Gasteiger partial charge in [-0.15, -0.1) is 0 Å². The lowest BCUT2D eigenvalue weighted by molar-refractivity contribution is -0.138. The number of halogens is 1. The quantitative estimate of drug-likeness (QED) is 0.386. The third-order valence-corrected chi connectivity index (χ3v) is 7.61. The number of imidazole rings is 1. The Morgan fingerprint density at radius 2 is 1.76 bits per heavy atom. The number of likely N-dealkylation sites (tertiary alicyclic amines) is 2. The number of carbonyl (C=O) groups excluding carboxylic acids is 3. The third kappa shape index (κ3) is 4.00. The van der Waals surface area contributed by atoms with Crippen molar-refractivity contribution in [3.05, 3.63) is 65.9 Å². The SMILES string of the molecule is CC(C)(C)[C@H](NC(=O)c1cc2cccc(F)c2[nH]1)C(=O)N1C[C@@H]2C[C@H]1CN2C(=O)c1nc2ccccc2[nH]1. The van der Waals surface area contributed by atoms with Crippen LogP contribution in [0.2, 0.25) is 0 Å². The van der Waals surface area contributed by atoms with Crippen LogP contribution in [0.25, 0.3) is 21.9 Å². The molecule has 0 unspecified atom stereocenters. The van der Waals surface area contributed by atoms with Crippen LogP contribution in [0.3, 0.4) is 0 Å². The number of nitrogens with one attached hydrogen (secondary N) is 3. The maximum Gasteiger partial charge on any atom is 0.290 e. The number of amides is 3. The number of hydrogen-bond acceptors (Lipinski definition) is 4. The van der Waals surface area contributed by atoms with E-state index in [-0.39, 0.29) is 35.1 Å². The average molecular weight is 517 g/mol. The summed E-state index contributed by atoms with van der Waals surface area (Å²) in [7, 11) is 0. The van der Waals surface area contributed by atoms with E-state index < -0.39 is 23.2 Å². The Balaban J connectivity index is 1.17. The largest absolute Gasteiger partial charge is 0.348 e. The minimum absolute atomic E-state index is 0.113. The number of aromatic nitrogens is 3. The van der Waals surface area contributed by atoms with Crippen LogP contribution in [0, 0.1) is 11.2 Å². The Morgan fingerprint density at radius 1 is 1.03 bits per heavy atom. The summed E-state index contributed by atoms with van der Waals surface area (Å²) in [4.78, 5) is 54.1. The Kier molecular flexibility index (Phi) is 5.51. The first-order valence-electron chi connectivity index (χ1n) is 12.7. The minimum Gasteiger partial charge on any atom is -0.348 e. The maximum absolute atomic E-state index is 14.1. The summed E-state index contributed by atoms with van der Waals surface area (Å²) in [5.74, 6) is -0.977. The number of para-hydroxylation sites is 3. The van der Waals surface area contributed by atoms with Crippen molar-refractivity contribution in [1.29, 1.82) is 0 Å². The molecule has 6 rings (SSSR count). The van der Waals surface area contributed by atoms with E-state index in [9.17, 15) is 18.8 Å². The van der Waals surface area contributed by atoms with Crippen molar-refractivity contribution in [2.24, 2.45) is 5.41 Å². The lowest BCUT2D eigenvalue weighted by atomic mass is 9.85. The predicted octanol–water partition coefficient (Wildman–Crippen LogP) is 3.45. The molecule has 2 fully saturated rings. The number of nitrogens with zero attached hydrogens (tertiary/aromatic N) is 3. The summed E-state index contributed by atoms with van der Waals surface area (Å²) >= 11 is 0. The van der Waals surface area contributed by atoms with Crippen molar-refractivity contribution >= 4 is 39.7 Å². The maximum atomic E-state index is 14.1. The fraction of sp³-hybridized carbons (Fsp3) is 0.357. The lowest BCUT2D eigenvalue weighted by Gasteiger charge is -2.39. The van der Waals surface area contributed by atoms with Gasteiger partial charge in [0, 0.05) is 18.5 Å². The molecule has 3 atom stereocenters. The van der Waals surface area contributed by atoms with Gasteiger partial charge < -0.3 is 25.1 Å². The second-order valence-corrected chi connectivity index (χ2v) is 11.3. The van der Waals surface area contributed by atoms with Gasteiger partial charge in [0.25, 0.3) is 11.8 Å². The molecule has 2 aliphatic heterocycles. The Labute approximate surface area is 218 Å².